The Morgan fingerprint density at radius 2 is 1.89 bits per heavy atom. The van der Waals surface area contributed by atoms with Gasteiger partial charge in [-0.2, -0.15) is 0 Å². The van der Waals surface area contributed by atoms with E-state index in [2.05, 4.69) is 20.9 Å². The Hall–Kier alpha value is -1.55. The van der Waals surface area contributed by atoms with E-state index in [1.54, 1.807) is 19.2 Å². The van der Waals surface area contributed by atoms with Crippen molar-refractivity contribution in [2.45, 2.75) is 20.8 Å². The van der Waals surface area contributed by atoms with Crippen molar-refractivity contribution in [3.63, 3.8) is 0 Å². The predicted octanol–water partition coefficient (Wildman–Crippen LogP) is 3.94. The van der Waals surface area contributed by atoms with Gasteiger partial charge in [0.05, 0.1) is 18.4 Å². The highest BCUT2D eigenvalue weighted by atomic mass is 79.9. The van der Waals surface area contributed by atoms with Gasteiger partial charge in [-0.15, -0.1) is 0 Å². The molecule has 1 heterocycles. The van der Waals surface area contributed by atoms with Crippen molar-refractivity contribution in [2.75, 3.05) is 7.11 Å². The Morgan fingerprint density at radius 3 is 2.42 bits per heavy atom. The van der Waals surface area contributed by atoms with E-state index < -0.39 is 0 Å². The molecular formula is C15H16BrNO2. The fourth-order valence-electron chi connectivity index (χ4n) is 2.06. The first-order valence-electron chi connectivity index (χ1n) is 5.99. The van der Waals surface area contributed by atoms with Gasteiger partial charge < -0.3 is 9.72 Å². The summed E-state index contributed by atoms with van der Waals surface area (Å²) in [6.45, 7) is 5.94. The zero-order valence-corrected chi connectivity index (χ0v) is 13.0. The van der Waals surface area contributed by atoms with Crippen LogP contribution in [0.2, 0.25) is 0 Å². The largest absolute Gasteiger partial charge is 0.496 e. The molecule has 0 aliphatic carbocycles. The lowest BCUT2D eigenvalue weighted by Crippen LogP contribution is -2.06. The molecule has 0 aliphatic heterocycles. The second kappa shape index (κ2) is 5.21. The van der Waals surface area contributed by atoms with E-state index in [4.69, 9.17) is 4.74 Å². The monoisotopic (exact) mass is 321 g/mol. The molecule has 19 heavy (non-hydrogen) atoms. The van der Waals surface area contributed by atoms with E-state index in [9.17, 15) is 4.79 Å². The van der Waals surface area contributed by atoms with Crippen LogP contribution in [0.25, 0.3) is 0 Å². The van der Waals surface area contributed by atoms with E-state index in [-0.39, 0.29) is 5.78 Å². The van der Waals surface area contributed by atoms with Crippen LogP contribution in [-0.2, 0) is 0 Å². The lowest BCUT2D eigenvalue weighted by molar-refractivity contribution is 0.103. The number of carbonyl (C=O) groups is 1. The highest BCUT2D eigenvalue weighted by Crippen LogP contribution is 2.27. The zero-order chi connectivity index (χ0) is 14.2. The first-order chi connectivity index (χ1) is 8.95. The van der Waals surface area contributed by atoms with E-state index in [1.807, 2.05) is 26.8 Å². The van der Waals surface area contributed by atoms with Crippen LogP contribution in [0.15, 0.2) is 22.7 Å². The number of nitrogens with one attached hydrogen (secondary N) is 1. The maximum absolute atomic E-state index is 12.6. The third-order valence-corrected chi connectivity index (χ3v) is 3.94. The Bertz CT molecular complexity index is 644. The van der Waals surface area contributed by atoms with Gasteiger partial charge in [-0.25, -0.2) is 0 Å². The molecule has 0 unspecified atom stereocenters. The van der Waals surface area contributed by atoms with Crippen molar-refractivity contribution in [1.82, 2.24) is 4.98 Å². The highest BCUT2D eigenvalue weighted by Gasteiger charge is 2.20. The molecule has 2 rings (SSSR count). The van der Waals surface area contributed by atoms with Crippen LogP contribution in [0, 0.1) is 20.8 Å². The van der Waals surface area contributed by atoms with Crippen molar-refractivity contribution in [1.29, 1.82) is 0 Å². The molecule has 1 N–H and O–H groups in total. The summed E-state index contributed by atoms with van der Waals surface area (Å²) < 4.78 is 6.17. The first kappa shape index (κ1) is 13.9. The summed E-state index contributed by atoms with van der Waals surface area (Å²) in [4.78, 5) is 15.8. The molecular weight excluding hydrogens is 306 g/mol. The molecule has 0 spiro atoms. The fourth-order valence-corrected chi connectivity index (χ4v) is 2.40. The maximum atomic E-state index is 12.6. The lowest BCUT2D eigenvalue weighted by Gasteiger charge is -2.08. The van der Waals surface area contributed by atoms with Gasteiger partial charge in [0.25, 0.3) is 0 Å². The molecule has 3 nitrogen and oxygen atoms in total. The van der Waals surface area contributed by atoms with Gasteiger partial charge in [0.15, 0.2) is 0 Å². The van der Waals surface area contributed by atoms with Gasteiger partial charge in [0, 0.05) is 10.2 Å². The maximum Gasteiger partial charge on any atom is 0.213 e. The van der Waals surface area contributed by atoms with Crippen molar-refractivity contribution < 1.29 is 9.53 Å². The second-order valence-electron chi connectivity index (χ2n) is 4.55. The van der Waals surface area contributed by atoms with Gasteiger partial charge >= 0.3 is 0 Å². The number of carbonyl (C=O) groups excluding carboxylic acids is 1. The minimum atomic E-state index is -0.0435. The Kier molecular flexibility index (Phi) is 3.80. The summed E-state index contributed by atoms with van der Waals surface area (Å²) >= 11 is 3.37. The number of halogens is 1. The van der Waals surface area contributed by atoms with Gasteiger partial charge in [-0.3, -0.25) is 4.79 Å². The molecule has 0 atom stereocenters. The summed E-state index contributed by atoms with van der Waals surface area (Å²) in [5, 5.41) is 0. The van der Waals surface area contributed by atoms with E-state index in [0.717, 1.165) is 21.3 Å². The molecule has 0 saturated carbocycles. The number of aromatic amines is 1. The average Bonchev–Trinajstić information content (AvgIpc) is 2.65. The summed E-state index contributed by atoms with van der Waals surface area (Å²) in [6, 6.07) is 5.41. The smallest absolute Gasteiger partial charge is 0.213 e. The molecule has 1 aromatic heterocycles. The Morgan fingerprint density at radius 1 is 1.21 bits per heavy atom. The van der Waals surface area contributed by atoms with Crippen LogP contribution < -0.4 is 4.74 Å². The molecule has 0 aliphatic rings. The minimum absolute atomic E-state index is 0.0435. The van der Waals surface area contributed by atoms with Crippen molar-refractivity contribution in [3.05, 3.63) is 50.8 Å². The molecule has 4 heteroatoms. The number of rotatable bonds is 3. The van der Waals surface area contributed by atoms with Crippen LogP contribution in [0.5, 0.6) is 5.75 Å². The first-order valence-corrected chi connectivity index (χ1v) is 6.79. The van der Waals surface area contributed by atoms with E-state index in [1.165, 1.54) is 0 Å². The number of hydrogen-bond acceptors (Lipinski definition) is 2. The number of ketones is 1. The molecule has 100 valence electrons. The third kappa shape index (κ3) is 2.45. The molecule has 0 fully saturated rings. The van der Waals surface area contributed by atoms with Crippen molar-refractivity contribution >= 4 is 21.7 Å². The molecule has 1 aromatic carbocycles. The number of ether oxygens (including phenoxy) is 1. The molecule has 0 amide bonds. The molecule has 2 aromatic rings. The van der Waals surface area contributed by atoms with Crippen LogP contribution in [0.1, 0.15) is 32.9 Å². The number of hydrogen-bond donors (Lipinski definition) is 1. The number of aryl methyl sites for hydroxylation is 1. The minimum Gasteiger partial charge on any atom is -0.496 e. The SMILES string of the molecule is COc1cc(Br)ccc1C(=O)c1[nH]c(C)c(C)c1C. The number of H-pyrrole nitrogens is 1. The quantitative estimate of drug-likeness (QED) is 0.870. The second-order valence-corrected chi connectivity index (χ2v) is 5.46. The van der Waals surface area contributed by atoms with Crippen molar-refractivity contribution in [3.8, 4) is 5.75 Å². The number of methoxy groups -OCH3 is 1. The number of benzene rings is 1. The van der Waals surface area contributed by atoms with Gasteiger partial charge in [0.1, 0.15) is 5.75 Å². The van der Waals surface area contributed by atoms with Crippen LogP contribution in [-0.4, -0.2) is 17.9 Å². The summed E-state index contributed by atoms with van der Waals surface area (Å²) in [7, 11) is 1.57. The highest BCUT2D eigenvalue weighted by molar-refractivity contribution is 9.10. The van der Waals surface area contributed by atoms with Gasteiger partial charge in [-0.05, 0) is 50.1 Å². The topological polar surface area (TPSA) is 42.1 Å². The van der Waals surface area contributed by atoms with Gasteiger partial charge in [-0.1, -0.05) is 15.9 Å². The molecule has 0 saturated heterocycles. The molecule has 0 radical (unpaired) electrons. The van der Waals surface area contributed by atoms with Crippen LogP contribution in [0.4, 0.5) is 0 Å². The van der Waals surface area contributed by atoms with Crippen LogP contribution >= 0.6 is 15.9 Å². The average molecular weight is 322 g/mol. The Labute approximate surface area is 121 Å². The molecule has 0 bridgehead atoms. The zero-order valence-electron chi connectivity index (χ0n) is 11.4. The van der Waals surface area contributed by atoms with E-state index in [0.29, 0.717) is 17.0 Å². The third-order valence-electron chi connectivity index (χ3n) is 3.45. The normalized spacial score (nSPS) is 10.6. The van der Waals surface area contributed by atoms with Crippen molar-refractivity contribution in [2.24, 2.45) is 0 Å². The fraction of sp³-hybridized carbons (Fsp3) is 0.267. The summed E-state index contributed by atoms with van der Waals surface area (Å²) in [6.07, 6.45) is 0. The Balaban J connectivity index is 2.53. The summed E-state index contributed by atoms with van der Waals surface area (Å²) in [5.41, 5.74) is 4.34. The number of aromatic nitrogens is 1. The van der Waals surface area contributed by atoms with Crippen LogP contribution in [0.3, 0.4) is 0 Å². The summed E-state index contributed by atoms with van der Waals surface area (Å²) in [5.74, 6) is 0.529. The van der Waals surface area contributed by atoms with Gasteiger partial charge in [0.2, 0.25) is 5.78 Å². The standard InChI is InChI=1S/C15H16BrNO2/c1-8-9(2)14(17-10(8)3)15(18)12-6-5-11(16)7-13(12)19-4/h5-7,17H,1-4H3. The predicted molar refractivity (Wildman–Crippen MR) is 79.1 cm³/mol. The van der Waals surface area contributed by atoms with E-state index >= 15 is 0 Å². The lowest BCUT2D eigenvalue weighted by atomic mass is 10.0.